The highest BCUT2D eigenvalue weighted by atomic mass is 32.2. The molecule has 1 fully saturated rings. The van der Waals surface area contributed by atoms with Gasteiger partial charge in [-0.3, -0.25) is 10.1 Å². The summed E-state index contributed by atoms with van der Waals surface area (Å²) in [6, 6.07) is -0.472. The fraction of sp³-hybridized carbons (Fsp3) is 0.692. The van der Waals surface area contributed by atoms with Crippen LogP contribution in [0.2, 0.25) is 0 Å². The first-order valence-corrected chi connectivity index (χ1v) is 8.83. The number of primary sulfonamides is 1. The number of hydrogen-bond acceptors (Lipinski definition) is 6. The van der Waals surface area contributed by atoms with Crippen LogP contribution in [0.5, 0.6) is 0 Å². The zero-order valence-corrected chi connectivity index (χ0v) is 13.4. The van der Waals surface area contributed by atoms with Crippen molar-refractivity contribution in [2.45, 2.75) is 25.3 Å². The van der Waals surface area contributed by atoms with Crippen LogP contribution < -0.4 is 10.5 Å². The van der Waals surface area contributed by atoms with E-state index in [2.05, 4.69) is 17.3 Å². The SMILES string of the molecule is CN1CCC(CNC2CC=C(S(N)(=O)=O)C=C2[N+](=O)[O-])CC1. The van der Waals surface area contributed by atoms with Gasteiger partial charge in [0.2, 0.25) is 10.0 Å². The molecule has 9 heteroatoms. The summed E-state index contributed by atoms with van der Waals surface area (Å²) in [6.07, 6.45) is 4.88. The van der Waals surface area contributed by atoms with Gasteiger partial charge in [-0.25, -0.2) is 13.6 Å². The molecule has 1 aliphatic heterocycles. The second kappa shape index (κ2) is 6.86. The van der Waals surface area contributed by atoms with E-state index < -0.39 is 21.0 Å². The summed E-state index contributed by atoms with van der Waals surface area (Å²) < 4.78 is 22.6. The molecule has 0 aromatic carbocycles. The highest BCUT2D eigenvalue weighted by Gasteiger charge is 2.30. The molecule has 0 aromatic heterocycles. The average Bonchev–Trinajstić information content (AvgIpc) is 2.45. The molecule has 8 nitrogen and oxygen atoms in total. The lowest BCUT2D eigenvalue weighted by atomic mass is 9.96. The fourth-order valence-electron chi connectivity index (χ4n) is 2.80. The lowest BCUT2D eigenvalue weighted by Crippen LogP contribution is -2.41. The summed E-state index contributed by atoms with van der Waals surface area (Å²) in [4.78, 5) is 12.7. The highest BCUT2D eigenvalue weighted by Crippen LogP contribution is 2.22. The van der Waals surface area contributed by atoms with Crippen molar-refractivity contribution in [3.63, 3.8) is 0 Å². The summed E-state index contributed by atoms with van der Waals surface area (Å²) in [6.45, 7) is 2.76. The fourth-order valence-corrected chi connectivity index (χ4v) is 3.41. The van der Waals surface area contributed by atoms with Crippen LogP contribution in [-0.2, 0) is 10.0 Å². The third-order valence-corrected chi connectivity index (χ3v) is 5.17. The number of nitrogens with zero attached hydrogens (tertiary/aromatic N) is 2. The second-order valence-electron chi connectivity index (χ2n) is 5.92. The third-order valence-electron chi connectivity index (χ3n) is 4.23. The molecule has 2 rings (SSSR count). The molecule has 0 radical (unpaired) electrons. The highest BCUT2D eigenvalue weighted by molar-refractivity contribution is 7.93. The van der Waals surface area contributed by atoms with E-state index in [9.17, 15) is 18.5 Å². The Hall–Kier alpha value is -1.29. The monoisotopic (exact) mass is 330 g/mol. The van der Waals surface area contributed by atoms with Crippen LogP contribution in [0.25, 0.3) is 0 Å². The Kier molecular flexibility index (Phi) is 5.32. The molecule has 1 unspecified atom stereocenters. The van der Waals surface area contributed by atoms with Gasteiger partial charge in [-0.15, -0.1) is 0 Å². The number of allylic oxidation sites excluding steroid dienone is 1. The molecule has 1 atom stereocenters. The maximum absolute atomic E-state index is 11.3. The zero-order valence-electron chi connectivity index (χ0n) is 12.6. The summed E-state index contributed by atoms with van der Waals surface area (Å²) in [5.41, 5.74) is -0.139. The largest absolute Gasteiger partial charge is 0.306 e. The van der Waals surface area contributed by atoms with Crippen molar-refractivity contribution in [1.29, 1.82) is 0 Å². The van der Waals surface area contributed by atoms with Crippen molar-refractivity contribution in [2.75, 3.05) is 26.7 Å². The first-order chi connectivity index (χ1) is 10.3. The van der Waals surface area contributed by atoms with E-state index in [4.69, 9.17) is 5.14 Å². The van der Waals surface area contributed by atoms with E-state index >= 15 is 0 Å². The van der Waals surface area contributed by atoms with E-state index in [1.807, 2.05) is 0 Å². The minimum Gasteiger partial charge on any atom is -0.306 e. The van der Waals surface area contributed by atoms with Crippen LogP contribution in [0.15, 0.2) is 22.8 Å². The number of sulfonamides is 1. The molecule has 0 saturated carbocycles. The van der Waals surface area contributed by atoms with Gasteiger partial charge in [0.1, 0.15) is 6.04 Å². The van der Waals surface area contributed by atoms with Gasteiger partial charge in [0.15, 0.2) is 0 Å². The predicted octanol–water partition coefficient (Wildman–Crippen LogP) is 0.0231. The standard InChI is InChI=1S/C13H22N4O4S/c1-16-6-4-10(5-7-16)9-15-12-3-2-11(22(14,20)21)8-13(12)17(18)19/h2,8,10,12,15H,3-7,9H2,1H3,(H2,14,20,21). The van der Waals surface area contributed by atoms with Crippen molar-refractivity contribution < 1.29 is 13.3 Å². The van der Waals surface area contributed by atoms with Gasteiger partial charge < -0.3 is 10.2 Å². The molecule has 3 N–H and O–H groups in total. The Morgan fingerprint density at radius 2 is 2.09 bits per heavy atom. The molecule has 22 heavy (non-hydrogen) atoms. The number of nitrogens with one attached hydrogen (secondary N) is 1. The number of likely N-dealkylation sites (tertiary alicyclic amines) is 1. The molecule has 0 bridgehead atoms. The van der Waals surface area contributed by atoms with E-state index in [-0.39, 0.29) is 17.0 Å². The number of hydrogen-bond donors (Lipinski definition) is 2. The van der Waals surface area contributed by atoms with Crippen molar-refractivity contribution in [3.05, 3.63) is 32.9 Å². The molecule has 0 amide bonds. The van der Waals surface area contributed by atoms with Crippen molar-refractivity contribution in [2.24, 2.45) is 11.1 Å². The van der Waals surface area contributed by atoms with Gasteiger partial charge in [-0.2, -0.15) is 0 Å². The smallest absolute Gasteiger partial charge is 0.264 e. The lowest BCUT2D eigenvalue weighted by Gasteiger charge is -2.30. The Labute approximate surface area is 130 Å². The molecule has 1 heterocycles. The molecule has 2 aliphatic rings. The van der Waals surface area contributed by atoms with Crippen LogP contribution >= 0.6 is 0 Å². The Morgan fingerprint density at radius 1 is 1.45 bits per heavy atom. The van der Waals surface area contributed by atoms with E-state index in [1.54, 1.807) is 0 Å². The third kappa shape index (κ3) is 4.35. The summed E-state index contributed by atoms with van der Waals surface area (Å²) in [5.74, 6) is 0.493. The molecule has 1 aliphatic carbocycles. The molecule has 124 valence electrons. The normalized spacial score (nSPS) is 24.7. The quantitative estimate of drug-likeness (QED) is 0.542. The molecule has 1 saturated heterocycles. The predicted molar refractivity (Wildman–Crippen MR) is 82.9 cm³/mol. The summed E-state index contributed by atoms with van der Waals surface area (Å²) in [7, 11) is -1.83. The van der Waals surface area contributed by atoms with Crippen LogP contribution in [0.1, 0.15) is 19.3 Å². The molecule has 0 spiro atoms. The first kappa shape index (κ1) is 17.1. The van der Waals surface area contributed by atoms with Gasteiger partial charge in [0, 0.05) is 6.08 Å². The molecular formula is C13H22N4O4S. The van der Waals surface area contributed by atoms with Crippen LogP contribution in [0, 0.1) is 16.0 Å². The van der Waals surface area contributed by atoms with Crippen molar-refractivity contribution in [3.8, 4) is 0 Å². The minimum atomic E-state index is -3.91. The minimum absolute atomic E-state index is 0.139. The maximum Gasteiger partial charge on any atom is 0.264 e. The summed E-state index contributed by atoms with van der Waals surface area (Å²) >= 11 is 0. The molecule has 0 aromatic rings. The summed E-state index contributed by atoms with van der Waals surface area (Å²) in [5, 5.41) is 19.4. The van der Waals surface area contributed by atoms with Crippen LogP contribution in [0.3, 0.4) is 0 Å². The van der Waals surface area contributed by atoms with Crippen LogP contribution in [0.4, 0.5) is 0 Å². The number of rotatable bonds is 5. The Morgan fingerprint density at radius 3 is 2.64 bits per heavy atom. The average molecular weight is 330 g/mol. The van der Waals surface area contributed by atoms with Gasteiger partial charge in [-0.05, 0) is 51.9 Å². The zero-order chi connectivity index (χ0) is 16.3. The Balaban J connectivity index is 1.99. The van der Waals surface area contributed by atoms with Gasteiger partial charge in [0.25, 0.3) is 5.70 Å². The van der Waals surface area contributed by atoms with Crippen LogP contribution in [-0.4, -0.2) is 51.0 Å². The van der Waals surface area contributed by atoms with Crippen molar-refractivity contribution in [1.82, 2.24) is 10.2 Å². The van der Waals surface area contributed by atoms with E-state index in [0.717, 1.165) is 32.0 Å². The van der Waals surface area contributed by atoms with Gasteiger partial charge in [-0.1, -0.05) is 6.08 Å². The van der Waals surface area contributed by atoms with Gasteiger partial charge in [0.05, 0.1) is 9.83 Å². The topological polar surface area (TPSA) is 119 Å². The number of nitro groups is 1. The second-order valence-corrected chi connectivity index (χ2v) is 7.48. The number of nitrogens with two attached hydrogens (primary N) is 1. The first-order valence-electron chi connectivity index (χ1n) is 7.28. The Bertz CT molecular complexity index is 591. The van der Waals surface area contributed by atoms with E-state index in [0.29, 0.717) is 12.5 Å². The maximum atomic E-state index is 11.3. The van der Waals surface area contributed by atoms with E-state index in [1.165, 1.54) is 6.08 Å². The number of piperidine rings is 1. The lowest BCUT2D eigenvalue weighted by molar-refractivity contribution is -0.430. The van der Waals surface area contributed by atoms with Crippen molar-refractivity contribution >= 4 is 10.0 Å². The molecular weight excluding hydrogens is 308 g/mol. The van der Waals surface area contributed by atoms with Gasteiger partial charge >= 0.3 is 0 Å².